The van der Waals surface area contributed by atoms with Gasteiger partial charge in [-0.15, -0.1) is 0 Å². The monoisotopic (exact) mass is 258 g/mol. The molecule has 6 nitrogen and oxygen atoms in total. The summed E-state index contributed by atoms with van der Waals surface area (Å²) in [7, 11) is 1.69. The molecule has 1 aliphatic heterocycles. The van der Waals surface area contributed by atoms with Crippen molar-refractivity contribution in [3.05, 3.63) is 0 Å². The molecule has 0 aromatic heterocycles. The third kappa shape index (κ3) is 2.93. The fourth-order valence-corrected chi connectivity index (χ4v) is 2.18. The largest absolute Gasteiger partial charge is 0.479 e. The number of carboxylic acid groups (broad SMARTS) is 1. The van der Waals surface area contributed by atoms with Crippen LogP contribution in [0.4, 0.5) is 4.79 Å². The summed E-state index contributed by atoms with van der Waals surface area (Å²) in [6, 6.07) is -0.227. The number of carbonyl (C=O) groups is 2. The van der Waals surface area contributed by atoms with E-state index in [0.717, 1.165) is 12.8 Å². The average molecular weight is 258 g/mol. The number of amides is 2. The number of aliphatic carboxylic acids is 1. The summed E-state index contributed by atoms with van der Waals surface area (Å²) < 4.78 is 5.10. The lowest BCUT2D eigenvalue weighted by Crippen LogP contribution is -2.59. The van der Waals surface area contributed by atoms with Crippen molar-refractivity contribution in [2.45, 2.75) is 44.7 Å². The van der Waals surface area contributed by atoms with E-state index in [1.54, 1.807) is 11.9 Å². The zero-order valence-electron chi connectivity index (χ0n) is 11.2. The lowest BCUT2D eigenvalue weighted by molar-refractivity contribution is -0.144. The van der Waals surface area contributed by atoms with Gasteiger partial charge in [0.1, 0.15) is 0 Å². The van der Waals surface area contributed by atoms with Gasteiger partial charge in [-0.3, -0.25) is 0 Å². The molecule has 2 N–H and O–H groups in total. The number of hydrogen-bond donors (Lipinski definition) is 2. The first-order valence-corrected chi connectivity index (χ1v) is 6.33. The van der Waals surface area contributed by atoms with Crippen LogP contribution in [0.1, 0.15) is 33.1 Å². The van der Waals surface area contributed by atoms with Crippen molar-refractivity contribution in [2.75, 3.05) is 20.3 Å². The van der Waals surface area contributed by atoms with Crippen molar-refractivity contribution in [1.82, 2.24) is 10.2 Å². The van der Waals surface area contributed by atoms with Gasteiger partial charge in [-0.25, -0.2) is 9.59 Å². The Labute approximate surface area is 107 Å². The number of urea groups is 1. The summed E-state index contributed by atoms with van der Waals surface area (Å²) in [6.07, 6.45) is 2.00. The van der Waals surface area contributed by atoms with E-state index in [0.29, 0.717) is 13.0 Å². The predicted molar refractivity (Wildman–Crippen MR) is 66.5 cm³/mol. The molecule has 18 heavy (non-hydrogen) atoms. The molecule has 1 fully saturated rings. The Morgan fingerprint density at radius 1 is 1.44 bits per heavy atom. The quantitative estimate of drug-likeness (QED) is 0.773. The second-order valence-electron chi connectivity index (χ2n) is 4.70. The lowest BCUT2D eigenvalue weighted by Gasteiger charge is -2.31. The molecule has 1 unspecified atom stereocenters. The molecule has 0 aromatic rings. The fraction of sp³-hybridized carbons (Fsp3) is 0.833. The highest BCUT2D eigenvalue weighted by Crippen LogP contribution is 2.20. The summed E-state index contributed by atoms with van der Waals surface area (Å²) in [4.78, 5) is 24.9. The van der Waals surface area contributed by atoms with Gasteiger partial charge in [0.25, 0.3) is 0 Å². The lowest BCUT2D eigenvalue weighted by atomic mass is 9.99. The molecular weight excluding hydrogens is 236 g/mol. The van der Waals surface area contributed by atoms with Crippen LogP contribution in [0, 0.1) is 0 Å². The highest BCUT2D eigenvalue weighted by Gasteiger charge is 2.44. The van der Waals surface area contributed by atoms with E-state index in [9.17, 15) is 14.7 Å². The zero-order chi connectivity index (χ0) is 13.8. The molecule has 2 amide bonds. The third-order valence-electron chi connectivity index (χ3n) is 3.59. The van der Waals surface area contributed by atoms with Crippen molar-refractivity contribution >= 4 is 12.0 Å². The number of ether oxygens (including phenoxy) is 1. The predicted octanol–water partition coefficient (Wildman–Crippen LogP) is 1.06. The molecule has 1 saturated heterocycles. The topological polar surface area (TPSA) is 78.9 Å². The van der Waals surface area contributed by atoms with Crippen LogP contribution < -0.4 is 5.32 Å². The van der Waals surface area contributed by atoms with Crippen LogP contribution in [0.25, 0.3) is 0 Å². The van der Waals surface area contributed by atoms with E-state index < -0.39 is 11.5 Å². The van der Waals surface area contributed by atoms with Gasteiger partial charge in [0.15, 0.2) is 5.54 Å². The molecule has 0 radical (unpaired) electrons. The van der Waals surface area contributed by atoms with Crippen molar-refractivity contribution in [1.29, 1.82) is 0 Å². The van der Waals surface area contributed by atoms with Gasteiger partial charge >= 0.3 is 12.0 Å². The van der Waals surface area contributed by atoms with Crippen LogP contribution in [-0.4, -0.2) is 53.8 Å². The van der Waals surface area contributed by atoms with Crippen LogP contribution in [0.5, 0.6) is 0 Å². The van der Waals surface area contributed by atoms with E-state index in [1.807, 2.05) is 13.8 Å². The van der Waals surface area contributed by atoms with E-state index in [4.69, 9.17) is 4.74 Å². The summed E-state index contributed by atoms with van der Waals surface area (Å²) in [5.74, 6) is -1.04. The molecule has 0 spiro atoms. The van der Waals surface area contributed by atoms with Crippen LogP contribution in [-0.2, 0) is 9.53 Å². The van der Waals surface area contributed by atoms with Crippen LogP contribution in [0.15, 0.2) is 0 Å². The minimum Gasteiger partial charge on any atom is -0.479 e. The summed E-state index contributed by atoms with van der Waals surface area (Å²) in [5.41, 5.74) is -1.27. The van der Waals surface area contributed by atoms with Crippen molar-refractivity contribution in [3.8, 4) is 0 Å². The van der Waals surface area contributed by atoms with Gasteiger partial charge in [0, 0.05) is 26.1 Å². The fourth-order valence-electron chi connectivity index (χ4n) is 2.18. The Bertz CT molecular complexity index is 309. The number of carbonyl (C=O) groups excluding carboxylic acids is 1. The number of carboxylic acids is 1. The molecule has 104 valence electrons. The molecule has 1 aliphatic rings. The number of rotatable bonds is 5. The molecule has 1 atom stereocenters. The van der Waals surface area contributed by atoms with E-state index >= 15 is 0 Å². The molecule has 0 aliphatic carbocycles. The van der Waals surface area contributed by atoms with Gasteiger partial charge < -0.3 is 20.1 Å². The molecular formula is C12H22N2O4. The van der Waals surface area contributed by atoms with Crippen molar-refractivity contribution in [3.63, 3.8) is 0 Å². The van der Waals surface area contributed by atoms with Gasteiger partial charge in [-0.1, -0.05) is 13.8 Å². The third-order valence-corrected chi connectivity index (χ3v) is 3.59. The number of nitrogens with one attached hydrogen (secondary N) is 1. The molecule has 0 saturated carbocycles. The maximum Gasteiger partial charge on any atom is 0.332 e. The highest BCUT2D eigenvalue weighted by atomic mass is 16.5. The van der Waals surface area contributed by atoms with Gasteiger partial charge in [0.05, 0.1) is 6.61 Å². The average Bonchev–Trinajstić information content (AvgIpc) is 2.80. The smallest absolute Gasteiger partial charge is 0.332 e. The molecule has 6 heteroatoms. The Hall–Kier alpha value is -1.30. The Morgan fingerprint density at radius 2 is 2.06 bits per heavy atom. The number of nitrogens with zero attached hydrogens (tertiary/aromatic N) is 1. The SMILES string of the molecule is CCC(CC)N(C)C(=O)NC1(C(=O)O)CCOC1. The molecule has 1 rings (SSSR count). The van der Waals surface area contributed by atoms with Crippen LogP contribution >= 0.6 is 0 Å². The minimum absolute atomic E-state index is 0.0326. The van der Waals surface area contributed by atoms with Gasteiger partial charge in [0.2, 0.25) is 0 Å². The van der Waals surface area contributed by atoms with Crippen molar-refractivity contribution < 1.29 is 19.4 Å². The minimum atomic E-state index is -1.27. The number of hydrogen-bond acceptors (Lipinski definition) is 3. The Balaban J connectivity index is 2.70. The second-order valence-corrected chi connectivity index (χ2v) is 4.70. The molecule has 0 bridgehead atoms. The second kappa shape index (κ2) is 6.04. The summed E-state index contributed by atoms with van der Waals surface area (Å²) in [5, 5.41) is 11.8. The molecule has 1 heterocycles. The summed E-state index contributed by atoms with van der Waals surface area (Å²) >= 11 is 0. The first-order chi connectivity index (χ1) is 8.46. The maximum absolute atomic E-state index is 12.1. The summed E-state index contributed by atoms with van der Waals surface area (Å²) in [6.45, 7) is 4.40. The van der Waals surface area contributed by atoms with Crippen LogP contribution in [0.2, 0.25) is 0 Å². The zero-order valence-corrected chi connectivity index (χ0v) is 11.2. The first kappa shape index (κ1) is 14.8. The van der Waals surface area contributed by atoms with E-state index in [1.165, 1.54) is 0 Å². The van der Waals surface area contributed by atoms with E-state index in [-0.39, 0.29) is 18.7 Å². The van der Waals surface area contributed by atoms with Crippen molar-refractivity contribution in [2.24, 2.45) is 0 Å². The standard InChI is InChI=1S/C12H22N2O4/c1-4-9(5-2)14(3)11(17)13-12(10(15)16)6-7-18-8-12/h9H,4-8H2,1-3H3,(H,13,17)(H,15,16). The van der Waals surface area contributed by atoms with E-state index in [2.05, 4.69) is 5.32 Å². The van der Waals surface area contributed by atoms with Gasteiger partial charge in [-0.2, -0.15) is 0 Å². The van der Waals surface area contributed by atoms with Gasteiger partial charge in [-0.05, 0) is 12.8 Å². The first-order valence-electron chi connectivity index (χ1n) is 6.33. The van der Waals surface area contributed by atoms with Crippen LogP contribution in [0.3, 0.4) is 0 Å². The molecule has 0 aromatic carbocycles. The highest BCUT2D eigenvalue weighted by molar-refractivity contribution is 5.86. The normalized spacial score (nSPS) is 23.1. The maximum atomic E-state index is 12.1. The Morgan fingerprint density at radius 3 is 2.44 bits per heavy atom. The Kier molecular flexibility index (Phi) is 4.95.